The molecule has 2 aromatic rings. The Morgan fingerprint density at radius 2 is 1.41 bits per heavy atom. The smallest absolute Gasteiger partial charge is 0.132 e. The summed E-state index contributed by atoms with van der Waals surface area (Å²) in [6.07, 6.45) is 0. The molecule has 0 fully saturated rings. The molecule has 0 aliphatic carbocycles. The maximum atomic E-state index is 2.25. The van der Waals surface area contributed by atoms with Gasteiger partial charge in [-0.15, -0.1) is 0 Å². The van der Waals surface area contributed by atoms with E-state index in [2.05, 4.69) is 75.6 Å². The fourth-order valence-corrected chi connectivity index (χ4v) is 2.08. The van der Waals surface area contributed by atoms with Crippen molar-refractivity contribution in [1.29, 1.82) is 0 Å². The van der Waals surface area contributed by atoms with E-state index in [1.165, 1.54) is 16.8 Å². The zero-order chi connectivity index (χ0) is 12.3. The summed E-state index contributed by atoms with van der Waals surface area (Å²) in [6, 6.07) is 19.4. The minimum absolute atomic E-state index is 0.879. The van der Waals surface area contributed by atoms with E-state index in [0.29, 0.717) is 0 Å². The normalized spacial score (nSPS) is 11.5. The number of quaternary nitrogens is 1. The summed E-state index contributed by atoms with van der Waals surface area (Å²) in [4.78, 5) is 0. The Labute approximate surface area is 104 Å². The van der Waals surface area contributed by atoms with E-state index in [4.69, 9.17) is 0 Å². The summed E-state index contributed by atoms with van der Waals surface area (Å²) in [5.41, 5.74) is 4.03. The van der Waals surface area contributed by atoms with Crippen LogP contribution in [0.3, 0.4) is 0 Å². The van der Waals surface area contributed by atoms with E-state index in [0.717, 1.165) is 11.0 Å². The van der Waals surface area contributed by atoms with Crippen molar-refractivity contribution in [3.8, 4) is 0 Å². The Balaban J connectivity index is 2.21. The summed E-state index contributed by atoms with van der Waals surface area (Å²) < 4.78 is 0.879. The SMILES string of the molecule is Cc1ccc([N+](C)(C)Cc2ccccc2)cc1. The summed E-state index contributed by atoms with van der Waals surface area (Å²) in [6.45, 7) is 3.14. The van der Waals surface area contributed by atoms with Crippen LogP contribution in [0.2, 0.25) is 0 Å². The largest absolute Gasteiger partial charge is 0.292 e. The molecule has 0 N–H and O–H groups in total. The molecule has 2 aromatic carbocycles. The molecule has 17 heavy (non-hydrogen) atoms. The van der Waals surface area contributed by atoms with E-state index in [-0.39, 0.29) is 0 Å². The minimum atomic E-state index is 0.879. The first-order valence-corrected chi connectivity index (χ1v) is 6.02. The molecule has 88 valence electrons. The van der Waals surface area contributed by atoms with Gasteiger partial charge in [0.1, 0.15) is 12.2 Å². The highest BCUT2D eigenvalue weighted by molar-refractivity contribution is 5.43. The average molecular weight is 226 g/mol. The van der Waals surface area contributed by atoms with Crippen LogP contribution in [0.1, 0.15) is 11.1 Å². The van der Waals surface area contributed by atoms with Crippen LogP contribution in [0.5, 0.6) is 0 Å². The summed E-state index contributed by atoms with van der Waals surface area (Å²) in [5, 5.41) is 0. The highest BCUT2D eigenvalue weighted by Gasteiger charge is 2.18. The van der Waals surface area contributed by atoms with Crippen LogP contribution >= 0.6 is 0 Å². The first-order chi connectivity index (χ1) is 8.08. The minimum Gasteiger partial charge on any atom is -0.292 e. The second kappa shape index (κ2) is 4.72. The Morgan fingerprint density at radius 3 is 2.00 bits per heavy atom. The third-order valence-electron chi connectivity index (χ3n) is 3.15. The Bertz CT molecular complexity index is 469. The Hall–Kier alpha value is -1.60. The molecule has 0 amide bonds. The number of rotatable bonds is 3. The van der Waals surface area contributed by atoms with E-state index in [1.54, 1.807) is 0 Å². The first-order valence-electron chi connectivity index (χ1n) is 6.02. The van der Waals surface area contributed by atoms with Gasteiger partial charge in [0.2, 0.25) is 0 Å². The van der Waals surface area contributed by atoms with E-state index < -0.39 is 0 Å². The van der Waals surface area contributed by atoms with Crippen LogP contribution in [-0.4, -0.2) is 14.1 Å². The van der Waals surface area contributed by atoms with Crippen molar-refractivity contribution in [2.45, 2.75) is 13.5 Å². The quantitative estimate of drug-likeness (QED) is 0.699. The lowest BCUT2D eigenvalue weighted by atomic mass is 10.1. The van der Waals surface area contributed by atoms with Gasteiger partial charge in [-0.1, -0.05) is 48.0 Å². The number of benzene rings is 2. The van der Waals surface area contributed by atoms with Gasteiger partial charge in [0.05, 0.1) is 14.1 Å². The van der Waals surface area contributed by atoms with Crippen LogP contribution in [0.15, 0.2) is 54.6 Å². The standard InChI is InChI=1S/C16H20N/c1-14-9-11-16(12-10-14)17(2,3)13-15-7-5-4-6-8-15/h4-12H,13H2,1-3H3/q+1. The monoisotopic (exact) mass is 226 g/mol. The molecular formula is C16H20N+. The van der Waals surface area contributed by atoms with Crippen molar-refractivity contribution in [3.63, 3.8) is 0 Å². The van der Waals surface area contributed by atoms with Gasteiger partial charge in [-0.3, -0.25) is 4.48 Å². The fourth-order valence-electron chi connectivity index (χ4n) is 2.08. The summed E-state index contributed by atoms with van der Waals surface area (Å²) in [5.74, 6) is 0. The van der Waals surface area contributed by atoms with Gasteiger partial charge in [0.15, 0.2) is 0 Å². The second-order valence-corrected chi connectivity index (χ2v) is 5.16. The maximum Gasteiger partial charge on any atom is 0.132 e. The van der Waals surface area contributed by atoms with Crippen molar-refractivity contribution < 1.29 is 0 Å². The zero-order valence-corrected chi connectivity index (χ0v) is 10.9. The number of hydrogen-bond acceptors (Lipinski definition) is 0. The van der Waals surface area contributed by atoms with Crippen LogP contribution in [0.25, 0.3) is 0 Å². The van der Waals surface area contributed by atoms with Crippen LogP contribution in [0, 0.1) is 6.92 Å². The lowest BCUT2D eigenvalue weighted by molar-refractivity contribution is 0.392. The number of aryl methyl sites for hydroxylation is 1. The van der Waals surface area contributed by atoms with Crippen molar-refractivity contribution in [3.05, 3.63) is 65.7 Å². The molecule has 1 heteroatoms. The predicted octanol–water partition coefficient (Wildman–Crippen LogP) is 3.76. The summed E-state index contributed by atoms with van der Waals surface area (Å²) >= 11 is 0. The highest BCUT2D eigenvalue weighted by Crippen LogP contribution is 2.22. The molecule has 0 aromatic heterocycles. The molecule has 0 saturated heterocycles. The van der Waals surface area contributed by atoms with E-state index >= 15 is 0 Å². The molecular weight excluding hydrogens is 206 g/mol. The molecule has 0 spiro atoms. The third-order valence-corrected chi connectivity index (χ3v) is 3.15. The third kappa shape index (κ3) is 2.95. The van der Waals surface area contributed by atoms with E-state index in [1.807, 2.05) is 0 Å². The fraction of sp³-hybridized carbons (Fsp3) is 0.250. The topological polar surface area (TPSA) is 0 Å². The van der Waals surface area contributed by atoms with Crippen LogP contribution < -0.4 is 4.48 Å². The van der Waals surface area contributed by atoms with E-state index in [9.17, 15) is 0 Å². The van der Waals surface area contributed by atoms with Gasteiger partial charge in [-0.25, -0.2) is 0 Å². The van der Waals surface area contributed by atoms with Gasteiger partial charge in [-0.05, 0) is 19.1 Å². The van der Waals surface area contributed by atoms with Crippen molar-refractivity contribution >= 4 is 5.69 Å². The molecule has 1 nitrogen and oxygen atoms in total. The molecule has 0 saturated carbocycles. The molecule has 2 rings (SSSR count). The predicted molar refractivity (Wildman–Crippen MR) is 75.0 cm³/mol. The lowest BCUT2D eigenvalue weighted by Crippen LogP contribution is -2.39. The number of nitrogens with zero attached hydrogens (tertiary/aromatic N) is 1. The van der Waals surface area contributed by atoms with Crippen molar-refractivity contribution in [2.24, 2.45) is 0 Å². The molecule has 0 unspecified atom stereocenters. The second-order valence-electron chi connectivity index (χ2n) is 5.16. The Morgan fingerprint density at radius 1 is 0.824 bits per heavy atom. The molecule has 0 aliphatic rings. The summed E-state index contributed by atoms with van der Waals surface area (Å²) in [7, 11) is 4.50. The average Bonchev–Trinajstić information content (AvgIpc) is 2.30. The molecule has 0 bridgehead atoms. The van der Waals surface area contributed by atoms with Crippen LogP contribution in [-0.2, 0) is 6.54 Å². The number of hydrogen-bond donors (Lipinski definition) is 0. The van der Waals surface area contributed by atoms with Gasteiger partial charge < -0.3 is 0 Å². The lowest BCUT2D eigenvalue weighted by Gasteiger charge is -2.29. The first kappa shape index (κ1) is 11.9. The molecule has 0 radical (unpaired) electrons. The van der Waals surface area contributed by atoms with Crippen molar-refractivity contribution in [1.82, 2.24) is 4.48 Å². The maximum absolute atomic E-state index is 2.25. The van der Waals surface area contributed by atoms with Gasteiger partial charge in [0, 0.05) is 5.56 Å². The van der Waals surface area contributed by atoms with Gasteiger partial charge in [0.25, 0.3) is 0 Å². The molecule has 0 atom stereocenters. The Kier molecular flexibility index (Phi) is 3.30. The molecule has 0 aliphatic heterocycles. The van der Waals surface area contributed by atoms with Crippen LogP contribution in [0.4, 0.5) is 5.69 Å². The van der Waals surface area contributed by atoms with Gasteiger partial charge in [-0.2, -0.15) is 0 Å². The zero-order valence-electron chi connectivity index (χ0n) is 10.9. The molecule has 0 heterocycles. The highest BCUT2D eigenvalue weighted by atomic mass is 15.3. The van der Waals surface area contributed by atoms with Crippen molar-refractivity contribution in [2.75, 3.05) is 14.1 Å². The van der Waals surface area contributed by atoms with Gasteiger partial charge >= 0.3 is 0 Å².